The third-order valence-electron chi connectivity index (χ3n) is 3.43. The number of thiophene rings is 1. The molecule has 20 heavy (non-hydrogen) atoms. The van der Waals surface area contributed by atoms with Gasteiger partial charge in [-0.05, 0) is 25.0 Å². The van der Waals surface area contributed by atoms with Crippen LogP contribution < -0.4 is 0 Å². The maximum Gasteiger partial charge on any atom is 0.328 e. The zero-order chi connectivity index (χ0) is 14.7. The van der Waals surface area contributed by atoms with Gasteiger partial charge >= 0.3 is 5.97 Å². The molecule has 2 heterocycles. The number of hydrogen-bond donors (Lipinski definition) is 1. The Labute approximate surface area is 122 Å². The number of hydrogen-bond acceptors (Lipinski definition) is 4. The van der Waals surface area contributed by atoms with Crippen molar-refractivity contribution in [3.63, 3.8) is 0 Å². The van der Waals surface area contributed by atoms with Crippen molar-refractivity contribution < 1.29 is 19.4 Å². The largest absolute Gasteiger partial charge is 0.480 e. The van der Waals surface area contributed by atoms with Crippen molar-refractivity contribution in [2.24, 2.45) is 0 Å². The van der Waals surface area contributed by atoms with E-state index in [0.717, 1.165) is 17.7 Å². The summed E-state index contributed by atoms with van der Waals surface area (Å²) < 4.78 is 5.16. The van der Waals surface area contributed by atoms with E-state index in [-0.39, 0.29) is 12.5 Å². The molecule has 6 heteroatoms. The Morgan fingerprint density at radius 2 is 2.30 bits per heavy atom. The minimum absolute atomic E-state index is 0.0627. The van der Waals surface area contributed by atoms with Gasteiger partial charge in [-0.15, -0.1) is 11.3 Å². The minimum Gasteiger partial charge on any atom is -0.480 e. The molecule has 0 aromatic carbocycles. The molecule has 0 spiro atoms. The van der Waals surface area contributed by atoms with Gasteiger partial charge in [-0.1, -0.05) is 13.3 Å². The van der Waals surface area contributed by atoms with Gasteiger partial charge in [0, 0.05) is 11.4 Å². The van der Waals surface area contributed by atoms with E-state index < -0.39 is 12.0 Å². The lowest BCUT2D eigenvalue weighted by Gasteiger charge is -2.32. The molecule has 0 bridgehead atoms. The van der Waals surface area contributed by atoms with E-state index in [2.05, 4.69) is 6.92 Å². The van der Waals surface area contributed by atoms with Crippen LogP contribution in [0, 0.1) is 6.92 Å². The first-order valence-corrected chi connectivity index (χ1v) is 7.57. The number of ether oxygens (including phenoxy) is 1. The number of rotatable bonds is 4. The number of carboxylic acid groups (broad SMARTS) is 1. The van der Waals surface area contributed by atoms with Crippen molar-refractivity contribution >= 4 is 23.2 Å². The molecule has 2 rings (SSSR count). The lowest BCUT2D eigenvalue weighted by Crippen LogP contribution is -2.52. The van der Waals surface area contributed by atoms with E-state index >= 15 is 0 Å². The molecule has 1 fully saturated rings. The number of carbonyl (C=O) groups is 2. The third-order valence-corrected chi connectivity index (χ3v) is 4.51. The molecule has 1 saturated heterocycles. The number of carboxylic acids is 1. The Kier molecular flexibility index (Phi) is 4.77. The van der Waals surface area contributed by atoms with Crippen LogP contribution in [0.15, 0.2) is 6.07 Å². The van der Waals surface area contributed by atoms with Gasteiger partial charge < -0.3 is 14.7 Å². The maximum atomic E-state index is 12.5. The van der Waals surface area contributed by atoms with Crippen molar-refractivity contribution in [3.8, 4) is 0 Å². The lowest BCUT2D eigenvalue weighted by atomic mass is 10.1. The number of aliphatic carboxylic acids is 1. The molecule has 0 radical (unpaired) electrons. The van der Waals surface area contributed by atoms with Crippen LogP contribution in [0.1, 0.15) is 33.5 Å². The van der Waals surface area contributed by atoms with Crippen LogP contribution in [0.5, 0.6) is 0 Å². The second kappa shape index (κ2) is 6.37. The number of nitrogens with zero attached hydrogens (tertiary/aromatic N) is 1. The first kappa shape index (κ1) is 15.0. The van der Waals surface area contributed by atoms with E-state index in [1.54, 1.807) is 0 Å². The van der Waals surface area contributed by atoms with Crippen LogP contribution in [0.25, 0.3) is 0 Å². The standard InChI is InChI=1S/C14H19NO4S/c1-3-4-10-7-12(20-9(10)2)13(16)15-5-6-19-8-11(15)14(17)18/h7,11H,3-6,8H2,1-2H3,(H,17,18). The van der Waals surface area contributed by atoms with Gasteiger partial charge in [-0.25, -0.2) is 4.79 Å². The average molecular weight is 297 g/mol. The van der Waals surface area contributed by atoms with E-state index in [9.17, 15) is 14.7 Å². The number of aryl methyl sites for hydroxylation is 2. The summed E-state index contributed by atoms with van der Waals surface area (Å²) in [5, 5.41) is 9.18. The van der Waals surface area contributed by atoms with Crippen molar-refractivity contribution in [2.45, 2.75) is 32.7 Å². The fourth-order valence-electron chi connectivity index (χ4n) is 2.34. The Balaban J connectivity index is 2.20. The minimum atomic E-state index is -1.01. The summed E-state index contributed by atoms with van der Waals surface area (Å²) in [6, 6.07) is 1.02. The molecular formula is C14H19NO4S. The van der Waals surface area contributed by atoms with E-state index in [0.29, 0.717) is 18.0 Å². The SMILES string of the molecule is CCCc1cc(C(=O)N2CCOCC2C(=O)O)sc1C. The molecular weight excluding hydrogens is 278 g/mol. The van der Waals surface area contributed by atoms with Crippen LogP contribution >= 0.6 is 11.3 Å². The highest BCUT2D eigenvalue weighted by atomic mass is 32.1. The van der Waals surface area contributed by atoms with Gasteiger partial charge in [0.1, 0.15) is 0 Å². The third kappa shape index (κ3) is 3.02. The predicted octanol–water partition coefficient (Wildman–Crippen LogP) is 1.93. The van der Waals surface area contributed by atoms with E-state index in [1.807, 2.05) is 13.0 Å². The molecule has 1 amide bonds. The summed E-state index contributed by atoms with van der Waals surface area (Å²) >= 11 is 1.44. The molecule has 1 aromatic rings. The normalized spacial score (nSPS) is 19.1. The zero-order valence-electron chi connectivity index (χ0n) is 11.7. The van der Waals surface area contributed by atoms with E-state index in [1.165, 1.54) is 21.8 Å². The highest BCUT2D eigenvalue weighted by molar-refractivity contribution is 7.14. The summed E-state index contributed by atoms with van der Waals surface area (Å²) in [7, 11) is 0. The zero-order valence-corrected chi connectivity index (χ0v) is 12.5. The van der Waals surface area contributed by atoms with Crippen LogP contribution in [0.3, 0.4) is 0 Å². The van der Waals surface area contributed by atoms with Crippen molar-refractivity contribution in [1.82, 2.24) is 4.90 Å². The average Bonchev–Trinajstić information content (AvgIpc) is 2.80. The number of amides is 1. The monoisotopic (exact) mass is 297 g/mol. The maximum absolute atomic E-state index is 12.5. The summed E-state index contributed by atoms with van der Waals surface area (Å²) in [4.78, 5) is 26.9. The lowest BCUT2D eigenvalue weighted by molar-refractivity contribution is -0.147. The van der Waals surface area contributed by atoms with Gasteiger partial charge in [0.15, 0.2) is 6.04 Å². The fraction of sp³-hybridized carbons (Fsp3) is 0.571. The molecule has 110 valence electrons. The Morgan fingerprint density at radius 3 is 2.95 bits per heavy atom. The Morgan fingerprint density at radius 1 is 1.55 bits per heavy atom. The summed E-state index contributed by atoms with van der Waals surface area (Å²) in [6.45, 7) is 4.88. The van der Waals surface area contributed by atoms with Crippen LogP contribution in [-0.4, -0.2) is 47.7 Å². The summed E-state index contributed by atoms with van der Waals surface area (Å²) in [5.41, 5.74) is 1.18. The van der Waals surface area contributed by atoms with Crippen molar-refractivity contribution in [2.75, 3.05) is 19.8 Å². The summed E-state index contributed by atoms with van der Waals surface area (Å²) in [5.74, 6) is -1.21. The van der Waals surface area contributed by atoms with Gasteiger partial charge in [0.25, 0.3) is 5.91 Å². The number of carbonyl (C=O) groups excluding carboxylic acids is 1. The number of morpholine rings is 1. The second-order valence-electron chi connectivity index (χ2n) is 4.87. The van der Waals surface area contributed by atoms with Gasteiger partial charge in [-0.2, -0.15) is 0 Å². The molecule has 1 N–H and O–H groups in total. The highest BCUT2D eigenvalue weighted by Crippen LogP contribution is 2.25. The molecule has 0 aliphatic carbocycles. The molecule has 1 aliphatic rings. The molecule has 5 nitrogen and oxygen atoms in total. The topological polar surface area (TPSA) is 66.8 Å². The molecule has 1 atom stereocenters. The first-order chi connectivity index (χ1) is 9.54. The molecule has 0 saturated carbocycles. The molecule has 1 aromatic heterocycles. The quantitative estimate of drug-likeness (QED) is 0.922. The van der Waals surface area contributed by atoms with Crippen LogP contribution in [0.4, 0.5) is 0 Å². The van der Waals surface area contributed by atoms with Crippen LogP contribution in [0.2, 0.25) is 0 Å². The van der Waals surface area contributed by atoms with Gasteiger partial charge in [-0.3, -0.25) is 4.79 Å². The molecule has 1 aliphatic heterocycles. The summed E-state index contributed by atoms with van der Waals surface area (Å²) in [6.07, 6.45) is 1.97. The van der Waals surface area contributed by atoms with Crippen molar-refractivity contribution in [3.05, 3.63) is 21.4 Å². The second-order valence-corrected chi connectivity index (χ2v) is 6.13. The van der Waals surface area contributed by atoms with E-state index in [4.69, 9.17) is 4.74 Å². The Bertz CT molecular complexity index is 511. The van der Waals surface area contributed by atoms with Crippen molar-refractivity contribution in [1.29, 1.82) is 0 Å². The molecule has 1 unspecified atom stereocenters. The smallest absolute Gasteiger partial charge is 0.328 e. The fourth-order valence-corrected chi connectivity index (χ4v) is 3.36. The van der Waals surface area contributed by atoms with Gasteiger partial charge in [0.05, 0.1) is 18.1 Å². The Hall–Kier alpha value is -1.40. The predicted molar refractivity (Wildman–Crippen MR) is 76.3 cm³/mol. The highest BCUT2D eigenvalue weighted by Gasteiger charge is 2.33. The first-order valence-electron chi connectivity index (χ1n) is 6.75. The van der Waals surface area contributed by atoms with Gasteiger partial charge in [0.2, 0.25) is 0 Å². The van der Waals surface area contributed by atoms with Crippen LogP contribution in [-0.2, 0) is 16.0 Å².